The molecule has 1 aromatic rings. The van der Waals surface area contributed by atoms with E-state index in [0.717, 1.165) is 82.4 Å². The first-order chi connectivity index (χ1) is 21.5. The van der Waals surface area contributed by atoms with Gasteiger partial charge in [0.25, 0.3) is 5.91 Å². The van der Waals surface area contributed by atoms with Gasteiger partial charge in [-0.2, -0.15) is 0 Å². The maximum atomic E-state index is 13.1. The maximum absolute atomic E-state index is 13.1. The smallest absolute Gasteiger partial charge is 0.410 e. The van der Waals surface area contributed by atoms with E-state index in [1.165, 1.54) is 25.9 Å². The second kappa shape index (κ2) is 13.3. The van der Waals surface area contributed by atoms with Gasteiger partial charge in [-0.1, -0.05) is 0 Å². The second-order valence-corrected chi connectivity index (χ2v) is 14.7. The Morgan fingerprint density at radius 3 is 2.09 bits per heavy atom. The number of fused-ring (bicyclic) bond motifs is 1. The zero-order valence-corrected chi connectivity index (χ0v) is 27.3. The van der Waals surface area contributed by atoms with Crippen LogP contribution in [-0.4, -0.2) is 121 Å². The van der Waals surface area contributed by atoms with E-state index in [4.69, 9.17) is 4.74 Å². The minimum absolute atomic E-state index is 0.120. The van der Waals surface area contributed by atoms with Crippen LogP contribution in [0.15, 0.2) is 18.2 Å². The van der Waals surface area contributed by atoms with Gasteiger partial charge in [-0.3, -0.25) is 24.6 Å². The number of piperazine rings is 1. The number of likely N-dealkylation sites (tertiary alicyclic amines) is 2. The van der Waals surface area contributed by atoms with Gasteiger partial charge in [0.15, 0.2) is 0 Å². The van der Waals surface area contributed by atoms with E-state index < -0.39 is 11.6 Å². The molecule has 1 aromatic carbocycles. The van der Waals surface area contributed by atoms with Gasteiger partial charge in [0.05, 0.1) is 0 Å². The molecule has 246 valence electrons. The highest BCUT2D eigenvalue weighted by atomic mass is 16.6. The Bertz CT molecular complexity index is 1270. The third kappa shape index (κ3) is 7.62. The van der Waals surface area contributed by atoms with Crippen LogP contribution in [0.25, 0.3) is 0 Å². The van der Waals surface area contributed by atoms with Crippen molar-refractivity contribution in [1.82, 2.24) is 24.9 Å². The third-order valence-corrected chi connectivity index (χ3v) is 10.3. The van der Waals surface area contributed by atoms with Gasteiger partial charge in [-0.25, -0.2) is 4.79 Å². The van der Waals surface area contributed by atoms with Gasteiger partial charge in [-0.05, 0) is 102 Å². The number of imide groups is 1. The minimum atomic E-state index is -0.578. The normalized spacial score (nSPS) is 24.6. The zero-order valence-electron chi connectivity index (χ0n) is 27.3. The Balaban J connectivity index is 0.904. The van der Waals surface area contributed by atoms with Gasteiger partial charge in [-0.15, -0.1) is 0 Å². The molecule has 45 heavy (non-hydrogen) atoms. The van der Waals surface area contributed by atoms with Gasteiger partial charge in [0.2, 0.25) is 11.8 Å². The molecule has 1 N–H and O–H groups in total. The molecule has 0 aromatic heterocycles. The van der Waals surface area contributed by atoms with Crippen LogP contribution in [-0.2, 0) is 20.9 Å². The number of amides is 4. The molecule has 4 saturated heterocycles. The molecule has 0 spiro atoms. The zero-order chi connectivity index (χ0) is 31.7. The molecule has 5 aliphatic rings. The molecule has 1 unspecified atom stereocenters. The molecule has 4 amide bonds. The molecule has 0 aliphatic carbocycles. The third-order valence-electron chi connectivity index (χ3n) is 10.3. The highest BCUT2D eigenvalue weighted by Crippen LogP contribution is 2.31. The lowest BCUT2D eigenvalue weighted by Gasteiger charge is -2.41. The minimum Gasteiger partial charge on any atom is -0.444 e. The lowest BCUT2D eigenvalue weighted by atomic mass is 9.92. The average molecular weight is 623 g/mol. The van der Waals surface area contributed by atoms with Gasteiger partial charge >= 0.3 is 6.09 Å². The van der Waals surface area contributed by atoms with Crippen LogP contribution in [0.5, 0.6) is 0 Å². The second-order valence-electron chi connectivity index (χ2n) is 14.7. The van der Waals surface area contributed by atoms with Crippen molar-refractivity contribution in [2.45, 2.75) is 77.5 Å². The first kappa shape index (κ1) is 31.8. The Morgan fingerprint density at radius 1 is 0.844 bits per heavy atom. The summed E-state index contributed by atoms with van der Waals surface area (Å²) in [6.07, 6.45) is 5.09. The molecular weight excluding hydrogens is 572 g/mol. The van der Waals surface area contributed by atoms with Gasteiger partial charge in [0, 0.05) is 76.6 Å². The standard InChI is InChI=1S/C34H50N6O5/c1-34(2,3)45-33(44)39-14-10-25(11-15-39)21-36-12-8-24(9-13-36)22-37-16-18-38(19-17-37)27-4-5-28-26(20-27)23-40(32(28)43)29-6-7-30(41)35-31(29)42/h4-5,20,24-25,29H,6-19,21-23H2,1-3H3,(H,35,41,42). The summed E-state index contributed by atoms with van der Waals surface area (Å²) < 4.78 is 5.55. The first-order valence-corrected chi connectivity index (χ1v) is 17.0. The number of anilines is 1. The Labute approximate surface area is 267 Å². The number of nitrogens with one attached hydrogen (secondary N) is 1. The maximum Gasteiger partial charge on any atom is 0.410 e. The van der Waals surface area contributed by atoms with Crippen LogP contribution in [0.4, 0.5) is 10.5 Å². The van der Waals surface area contributed by atoms with Crippen molar-refractivity contribution in [3.05, 3.63) is 29.3 Å². The Hall–Kier alpha value is -3.18. The molecule has 0 radical (unpaired) electrons. The topological polar surface area (TPSA) is 106 Å². The number of nitrogens with zero attached hydrogens (tertiary/aromatic N) is 5. The lowest BCUT2D eigenvalue weighted by molar-refractivity contribution is -0.136. The summed E-state index contributed by atoms with van der Waals surface area (Å²) in [6.45, 7) is 16.4. The highest BCUT2D eigenvalue weighted by Gasteiger charge is 2.39. The van der Waals surface area contributed by atoms with E-state index in [9.17, 15) is 19.2 Å². The highest BCUT2D eigenvalue weighted by molar-refractivity contribution is 6.05. The summed E-state index contributed by atoms with van der Waals surface area (Å²) in [5, 5.41) is 2.38. The van der Waals surface area contributed by atoms with Crippen LogP contribution >= 0.6 is 0 Å². The van der Waals surface area contributed by atoms with E-state index in [1.807, 2.05) is 37.8 Å². The molecule has 4 fully saturated rings. The van der Waals surface area contributed by atoms with Crippen molar-refractivity contribution >= 4 is 29.5 Å². The number of carbonyl (C=O) groups is 4. The van der Waals surface area contributed by atoms with Crippen molar-refractivity contribution in [1.29, 1.82) is 0 Å². The molecule has 1 atom stereocenters. The predicted molar refractivity (Wildman–Crippen MR) is 171 cm³/mol. The van der Waals surface area contributed by atoms with Crippen molar-refractivity contribution in [2.75, 3.05) is 70.3 Å². The summed E-state index contributed by atoms with van der Waals surface area (Å²) in [7, 11) is 0. The average Bonchev–Trinajstić information content (AvgIpc) is 3.33. The van der Waals surface area contributed by atoms with Crippen molar-refractivity contribution in [3.63, 3.8) is 0 Å². The summed E-state index contributed by atoms with van der Waals surface area (Å²) in [5.74, 6) is 0.646. The van der Waals surface area contributed by atoms with Crippen molar-refractivity contribution < 1.29 is 23.9 Å². The van der Waals surface area contributed by atoms with E-state index in [1.54, 1.807) is 4.90 Å². The fraction of sp³-hybridized carbons (Fsp3) is 0.706. The molecule has 5 heterocycles. The van der Waals surface area contributed by atoms with Crippen molar-refractivity contribution in [2.24, 2.45) is 11.8 Å². The monoisotopic (exact) mass is 622 g/mol. The van der Waals surface area contributed by atoms with Crippen LogP contribution in [0, 0.1) is 11.8 Å². The van der Waals surface area contributed by atoms with Gasteiger partial charge < -0.3 is 24.3 Å². The van der Waals surface area contributed by atoms with Crippen LogP contribution in [0.3, 0.4) is 0 Å². The molecule has 5 aliphatic heterocycles. The Morgan fingerprint density at radius 2 is 1.47 bits per heavy atom. The van der Waals surface area contributed by atoms with Crippen LogP contribution < -0.4 is 10.2 Å². The molecule has 6 rings (SSSR count). The molecular formula is C34H50N6O5. The SMILES string of the molecule is CC(C)(C)OC(=O)N1CCC(CN2CCC(CN3CCN(c4ccc5c(c4)CN(C4CCC(=O)NC4=O)C5=O)CC3)CC2)CC1. The number of piperidine rings is 3. The quantitative estimate of drug-likeness (QED) is 0.483. The molecule has 11 nitrogen and oxygen atoms in total. The first-order valence-electron chi connectivity index (χ1n) is 17.0. The van der Waals surface area contributed by atoms with Crippen LogP contribution in [0.2, 0.25) is 0 Å². The fourth-order valence-corrected chi connectivity index (χ4v) is 7.65. The Kier molecular flexibility index (Phi) is 9.38. The van der Waals surface area contributed by atoms with E-state index in [-0.39, 0.29) is 30.2 Å². The van der Waals surface area contributed by atoms with Gasteiger partial charge in [0.1, 0.15) is 11.6 Å². The lowest BCUT2D eigenvalue weighted by Crippen LogP contribution is -2.52. The fourth-order valence-electron chi connectivity index (χ4n) is 7.65. The van der Waals surface area contributed by atoms with Crippen LogP contribution in [0.1, 0.15) is 75.2 Å². The summed E-state index contributed by atoms with van der Waals surface area (Å²) >= 11 is 0. The summed E-state index contributed by atoms with van der Waals surface area (Å²) in [4.78, 5) is 60.5. The number of rotatable bonds is 6. The largest absolute Gasteiger partial charge is 0.444 e. The number of hydrogen-bond donors (Lipinski definition) is 1. The predicted octanol–water partition coefficient (Wildman–Crippen LogP) is 2.93. The van der Waals surface area contributed by atoms with E-state index >= 15 is 0 Å². The van der Waals surface area contributed by atoms with Crippen molar-refractivity contribution in [3.8, 4) is 0 Å². The molecule has 11 heteroatoms. The van der Waals surface area contributed by atoms with E-state index in [2.05, 4.69) is 26.1 Å². The van der Waals surface area contributed by atoms with E-state index in [0.29, 0.717) is 24.4 Å². The molecule has 0 bridgehead atoms. The number of carbonyl (C=O) groups excluding carboxylic acids is 4. The molecule has 0 saturated carbocycles. The number of ether oxygens (including phenoxy) is 1. The summed E-state index contributed by atoms with van der Waals surface area (Å²) in [6, 6.07) is 5.48. The number of benzene rings is 1. The number of hydrogen-bond acceptors (Lipinski definition) is 8. The summed E-state index contributed by atoms with van der Waals surface area (Å²) in [5.41, 5.74) is 2.32.